The molecule has 0 saturated heterocycles. The van der Waals surface area contributed by atoms with Gasteiger partial charge < -0.3 is 34.4 Å². The molecule has 0 amide bonds. The van der Waals surface area contributed by atoms with Crippen LogP contribution in [-0.4, -0.2) is 25.5 Å². The topological polar surface area (TPSA) is 127 Å². The molecule has 0 aliphatic rings. The van der Waals surface area contributed by atoms with Gasteiger partial charge in [0.2, 0.25) is 17.1 Å². The van der Waals surface area contributed by atoms with Crippen molar-refractivity contribution in [1.29, 1.82) is 0 Å². The molecular weight excluding hydrogens is 364 g/mol. The molecule has 0 saturated carbocycles. The molecule has 28 heavy (non-hydrogen) atoms. The fourth-order valence-corrected chi connectivity index (χ4v) is 3.45. The molecule has 0 radical (unpaired) electrons. The second-order valence-corrected chi connectivity index (χ2v) is 6.85. The number of phenols is 5. The second kappa shape index (κ2) is 5.88. The summed E-state index contributed by atoms with van der Waals surface area (Å²) in [5.41, 5.74) is 1.55. The van der Waals surface area contributed by atoms with Crippen LogP contribution in [0.25, 0.3) is 33.1 Å². The molecule has 7 heteroatoms. The third-order valence-electron chi connectivity index (χ3n) is 4.71. The Morgan fingerprint density at radius 1 is 0.571 bits per heavy atom. The van der Waals surface area contributed by atoms with E-state index in [0.717, 1.165) is 0 Å². The van der Waals surface area contributed by atoms with Crippen LogP contribution in [0.1, 0.15) is 16.7 Å². The van der Waals surface area contributed by atoms with Crippen LogP contribution in [0.15, 0.2) is 33.1 Å². The van der Waals surface area contributed by atoms with Gasteiger partial charge in [0, 0.05) is 10.8 Å². The number of hydrogen-bond acceptors (Lipinski definition) is 7. The number of aryl methyl sites for hydroxylation is 3. The normalized spacial score (nSPS) is 11.4. The van der Waals surface area contributed by atoms with E-state index in [1.54, 1.807) is 26.8 Å². The van der Waals surface area contributed by atoms with Gasteiger partial charge in [0.25, 0.3) is 0 Å². The highest BCUT2D eigenvalue weighted by Gasteiger charge is 2.20. The van der Waals surface area contributed by atoms with Gasteiger partial charge in [0.15, 0.2) is 34.0 Å². The highest BCUT2D eigenvalue weighted by atomic mass is 16.4. The molecule has 144 valence electrons. The standard InChI is InChI=1S/C21H18O7/c1-8-4-13(24)19-14(5-8)27-20-15(9(2)6-11(22)17(20)25)16-10(3)7-12(23)18(26)21(16)28-19/h4-7,22-26H,1-3H3. The van der Waals surface area contributed by atoms with Crippen LogP contribution in [0.2, 0.25) is 0 Å². The molecule has 5 N–H and O–H groups in total. The summed E-state index contributed by atoms with van der Waals surface area (Å²) < 4.78 is 11.7. The molecule has 0 fully saturated rings. The maximum absolute atomic E-state index is 10.5. The molecule has 0 atom stereocenters. The lowest BCUT2D eigenvalue weighted by Gasteiger charge is -2.12. The molecule has 3 aromatic carbocycles. The van der Waals surface area contributed by atoms with Gasteiger partial charge in [0.1, 0.15) is 0 Å². The summed E-state index contributed by atoms with van der Waals surface area (Å²) in [6.45, 7) is 5.12. The van der Waals surface area contributed by atoms with Gasteiger partial charge in [0.05, 0.1) is 0 Å². The molecule has 0 unspecified atom stereocenters. The molecule has 0 aliphatic carbocycles. The van der Waals surface area contributed by atoms with Crippen molar-refractivity contribution in [2.24, 2.45) is 0 Å². The summed E-state index contributed by atoms with van der Waals surface area (Å²) in [5, 5.41) is 52.3. The number of fused-ring (bicyclic) bond motifs is 4. The Kier molecular flexibility index (Phi) is 3.71. The Morgan fingerprint density at radius 2 is 1.07 bits per heavy atom. The van der Waals surface area contributed by atoms with Crippen molar-refractivity contribution < 1.29 is 34.4 Å². The van der Waals surface area contributed by atoms with E-state index in [1.807, 2.05) is 0 Å². The number of rotatable bonds is 0. The molecule has 0 aliphatic heterocycles. The van der Waals surface area contributed by atoms with Gasteiger partial charge in [-0.25, -0.2) is 0 Å². The Labute approximate surface area is 158 Å². The summed E-state index contributed by atoms with van der Waals surface area (Å²) in [4.78, 5) is 0. The minimum Gasteiger partial charge on any atom is -0.504 e. The highest BCUT2D eigenvalue weighted by molar-refractivity contribution is 6.10. The maximum atomic E-state index is 10.5. The third kappa shape index (κ3) is 2.44. The third-order valence-corrected chi connectivity index (χ3v) is 4.71. The molecular formula is C21H18O7. The van der Waals surface area contributed by atoms with Crippen molar-refractivity contribution in [1.82, 2.24) is 0 Å². The van der Waals surface area contributed by atoms with Gasteiger partial charge in [-0.2, -0.15) is 0 Å². The van der Waals surface area contributed by atoms with E-state index in [9.17, 15) is 25.5 Å². The predicted octanol–water partition coefficient (Wildman–Crippen LogP) is 4.91. The number of hydrogen-bond donors (Lipinski definition) is 5. The van der Waals surface area contributed by atoms with E-state index in [-0.39, 0.29) is 33.8 Å². The first-order valence-electron chi connectivity index (χ1n) is 8.49. The summed E-state index contributed by atoms with van der Waals surface area (Å²) in [6, 6.07) is 5.74. The van der Waals surface area contributed by atoms with Crippen molar-refractivity contribution in [2.75, 3.05) is 0 Å². The molecule has 4 aromatic rings. The maximum Gasteiger partial charge on any atom is 0.211 e. The van der Waals surface area contributed by atoms with E-state index >= 15 is 0 Å². The van der Waals surface area contributed by atoms with Gasteiger partial charge in [-0.1, -0.05) is 0 Å². The fourth-order valence-electron chi connectivity index (χ4n) is 3.45. The molecule has 1 aromatic heterocycles. The summed E-state index contributed by atoms with van der Waals surface area (Å²) in [6.07, 6.45) is 0. The Bertz CT molecular complexity index is 1340. The Morgan fingerprint density at radius 3 is 1.61 bits per heavy atom. The number of benzene rings is 3. The number of aromatic hydroxyl groups is 5. The lowest BCUT2D eigenvalue weighted by Crippen LogP contribution is -1.88. The monoisotopic (exact) mass is 382 g/mol. The molecule has 4 rings (SSSR count). The van der Waals surface area contributed by atoms with E-state index in [2.05, 4.69) is 0 Å². The van der Waals surface area contributed by atoms with Crippen molar-refractivity contribution in [3.05, 3.63) is 41.0 Å². The SMILES string of the molecule is Cc1cc(O)c2oc3c(O)c(O)cc(C)c3c3c(C)cc(O)c(O)c3oc2c1. The van der Waals surface area contributed by atoms with Crippen LogP contribution in [0.3, 0.4) is 0 Å². The smallest absolute Gasteiger partial charge is 0.211 e. The lowest BCUT2D eigenvalue weighted by atomic mass is 10.0. The van der Waals surface area contributed by atoms with E-state index in [0.29, 0.717) is 27.5 Å². The minimum absolute atomic E-state index is 0.0542. The van der Waals surface area contributed by atoms with Gasteiger partial charge in [-0.05, 0) is 61.7 Å². The first kappa shape index (κ1) is 17.7. The molecule has 0 spiro atoms. The number of phenolic OH excluding ortho intramolecular Hbond substituents is 5. The molecule has 1 heterocycles. The first-order valence-corrected chi connectivity index (χ1v) is 8.49. The zero-order valence-electron chi connectivity index (χ0n) is 15.4. The van der Waals surface area contributed by atoms with Gasteiger partial charge >= 0.3 is 0 Å². The van der Waals surface area contributed by atoms with Crippen molar-refractivity contribution in [3.63, 3.8) is 0 Å². The van der Waals surface area contributed by atoms with Crippen molar-refractivity contribution in [2.45, 2.75) is 20.8 Å². The molecule has 7 nitrogen and oxygen atoms in total. The average molecular weight is 382 g/mol. The quantitative estimate of drug-likeness (QED) is 0.273. The van der Waals surface area contributed by atoms with Crippen molar-refractivity contribution >= 4 is 33.1 Å². The molecule has 0 bridgehead atoms. The van der Waals surface area contributed by atoms with Crippen molar-refractivity contribution in [3.8, 4) is 28.7 Å². The Balaban J connectivity index is 2.51. The average Bonchev–Trinajstić information content (AvgIpc) is 2.59. The summed E-state index contributed by atoms with van der Waals surface area (Å²) >= 11 is 0. The Hall–Kier alpha value is -3.74. The van der Waals surface area contributed by atoms with Crippen LogP contribution in [0.4, 0.5) is 0 Å². The zero-order valence-corrected chi connectivity index (χ0v) is 15.4. The fraction of sp³-hybridized carbons (Fsp3) is 0.143. The second-order valence-electron chi connectivity index (χ2n) is 6.85. The van der Waals surface area contributed by atoms with Gasteiger partial charge in [-0.15, -0.1) is 0 Å². The lowest BCUT2D eigenvalue weighted by molar-refractivity contribution is 0.398. The van der Waals surface area contributed by atoms with E-state index in [4.69, 9.17) is 8.83 Å². The van der Waals surface area contributed by atoms with Crippen LogP contribution in [0.5, 0.6) is 28.7 Å². The summed E-state index contributed by atoms with van der Waals surface area (Å²) in [5.74, 6) is -2.04. The first-order chi connectivity index (χ1) is 13.2. The van der Waals surface area contributed by atoms with Crippen LogP contribution >= 0.6 is 0 Å². The van der Waals surface area contributed by atoms with Gasteiger partial charge in [-0.3, -0.25) is 0 Å². The van der Waals surface area contributed by atoms with E-state index < -0.39 is 17.2 Å². The van der Waals surface area contributed by atoms with Crippen LogP contribution in [0, 0.1) is 20.8 Å². The van der Waals surface area contributed by atoms with Crippen LogP contribution < -0.4 is 0 Å². The minimum atomic E-state index is -0.522. The van der Waals surface area contributed by atoms with E-state index in [1.165, 1.54) is 18.2 Å². The highest BCUT2D eigenvalue weighted by Crippen LogP contribution is 2.45. The summed E-state index contributed by atoms with van der Waals surface area (Å²) in [7, 11) is 0. The zero-order chi connectivity index (χ0) is 20.3. The van der Waals surface area contributed by atoms with Crippen LogP contribution in [-0.2, 0) is 0 Å². The largest absolute Gasteiger partial charge is 0.504 e. The predicted molar refractivity (Wildman–Crippen MR) is 104 cm³/mol.